The molecule has 0 aliphatic carbocycles. The SMILES string of the molecule is O=S(O)C1=COc2ccccc2O1. The van der Waals surface area contributed by atoms with Gasteiger partial charge in [-0.05, 0) is 12.1 Å². The van der Waals surface area contributed by atoms with Gasteiger partial charge in [0.15, 0.2) is 11.5 Å². The highest BCUT2D eigenvalue weighted by Gasteiger charge is 2.16. The van der Waals surface area contributed by atoms with Gasteiger partial charge in [0.1, 0.15) is 6.26 Å². The highest BCUT2D eigenvalue weighted by Crippen LogP contribution is 2.32. The van der Waals surface area contributed by atoms with Crippen molar-refractivity contribution >= 4 is 11.1 Å². The molecule has 1 aromatic rings. The van der Waals surface area contributed by atoms with E-state index in [0.717, 1.165) is 6.26 Å². The second-order valence-corrected chi connectivity index (χ2v) is 3.25. The first-order valence-electron chi connectivity index (χ1n) is 3.52. The van der Waals surface area contributed by atoms with E-state index in [9.17, 15) is 4.21 Å². The smallest absolute Gasteiger partial charge is 0.253 e. The summed E-state index contributed by atoms with van der Waals surface area (Å²) in [7, 11) is 0. The van der Waals surface area contributed by atoms with Gasteiger partial charge in [0.05, 0.1) is 0 Å². The number of benzene rings is 1. The van der Waals surface area contributed by atoms with Crippen molar-refractivity contribution in [1.82, 2.24) is 0 Å². The molecule has 0 bridgehead atoms. The minimum atomic E-state index is -2.15. The Hall–Kier alpha value is -1.33. The average Bonchev–Trinajstić information content (AvgIpc) is 2.17. The largest absolute Gasteiger partial charge is 0.456 e. The van der Waals surface area contributed by atoms with Crippen LogP contribution < -0.4 is 9.47 Å². The van der Waals surface area contributed by atoms with Crippen molar-refractivity contribution in [2.75, 3.05) is 0 Å². The van der Waals surface area contributed by atoms with Crippen LogP contribution in [0.5, 0.6) is 11.5 Å². The van der Waals surface area contributed by atoms with Crippen molar-refractivity contribution in [2.24, 2.45) is 0 Å². The molecule has 1 heterocycles. The van der Waals surface area contributed by atoms with E-state index < -0.39 is 11.1 Å². The van der Waals surface area contributed by atoms with Gasteiger partial charge in [-0.1, -0.05) is 12.1 Å². The van der Waals surface area contributed by atoms with Crippen LogP contribution in [0.1, 0.15) is 0 Å². The lowest BCUT2D eigenvalue weighted by Crippen LogP contribution is -2.08. The zero-order chi connectivity index (χ0) is 9.26. The Morgan fingerprint density at radius 1 is 1.23 bits per heavy atom. The Labute approximate surface area is 77.1 Å². The number of hydrogen-bond acceptors (Lipinski definition) is 3. The van der Waals surface area contributed by atoms with Crippen molar-refractivity contribution in [3.63, 3.8) is 0 Å². The van der Waals surface area contributed by atoms with Crippen LogP contribution in [0, 0.1) is 0 Å². The van der Waals surface area contributed by atoms with Crippen LogP contribution >= 0.6 is 0 Å². The fraction of sp³-hybridized carbons (Fsp3) is 0. The molecule has 68 valence electrons. The van der Waals surface area contributed by atoms with Crippen molar-refractivity contribution in [3.05, 3.63) is 35.6 Å². The van der Waals surface area contributed by atoms with Crippen LogP contribution in [0.2, 0.25) is 0 Å². The Balaban J connectivity index is 2.33. The third kappa shape index (κ3) is 1.56. The zero-order valence-corrected chi connectivity index (χ0v) is 7.28. The van der Waals surface area contributed by atoms with Gasteiger partial charge in [0.2, 0.25) is 11.1 Å². The van der Waals surface area contributed by atoms with Gasteiger partial charge in [-0.25, -0.2) is 4.21 Å². The van der Waals surface area contributed by atoms with Gasteiger partial charge in [-0.15, -0.1) is 0 Å². The van der Waals surface area contributed by atoms with Crippen LogP contribution in [0.4, 0.5) is 0 Å². The predicted octanol–water partition coefficient (Wildman–Crippen LogP) is 1.48. The Morgan fingerprint density at radius 3 is 2.62 bits per heavy atom. The topological polar surface area (TPSA) is 55.8 Å². The maximum absolute atomic E-state index is 10.6. The average molecular weight is 198 g/mol. The standard InChI is InChI=1S/C8H6O4S/c9-13(10)8-5-11-6-3-1-2-4-7(6)12-8/h1-5H,(H,9,10). The molecule has 1 atom stereocenters. The summed E-state index contributed by atoms with van der Waals surface area (Å²) in [5.74, 6) is 0.985. The molecule has 0 saturated heterocycles. The normalized spacial score (nSPS) is 16.2. The predicted molar refractivity (Wildman–Crippen MR) is 46.6 cm³/mol. The molecule has 1 unspecified atom stereocenters. The van der Waals surface area contributed by atoms with Gasteiger partial charge in [-0.2, -0.15) is 0 Å². The highest BCUT2D eigenvalue weighted by molar-refractivity contribution is 7.83. The summed E-state index contributed by atoms with van der Waals surface area (Å²) in [5.41, 5.74) is 0. The minimum absolute atomic E-state index is 0.0984. The van der Waals surface area contributed by atoms with E-state index in [-0.39, 0.29) is 5.09 Å². The van der Waals surface area contributed by atoms with E-state index in [1.165, 1.54) is 0 Å². The van der Waals surface area contributed by atoms with E-state index >= 15 is 0 Å². The Bertz CT molecular complexity index is 385. The summed E-state index contributed by atoms with van der Waals surface area (Å²) in [6.07, 6.45) is 1.12. The van der Waals surface area contributed by atoms with Crippen LogP contribution in [0.15, 0.2) is 35.6 Å². The number of ether oxygens (including phenoxy) is 2. The molecule has 1 aliphatic heterocycles. The summed E-state index contributed by atoms with van der Waals surface area (Å²) in [5, 5.41) is -0.0984. The molecule has 2 rings (SSSR count). The summed E-state index contributed by atoms with van der Waals surface area (Å²) >= 11 is -2.15. The molecular formula is C8H6O4S. The molecule has 1 aliphatic rings. The Morgan fingerprint density at radius 2 is 1.92 bits per heavy atom. The molecule has 13 heavy (non-hydrogen) atoms. The van der Waals surface area contributed by atoms with Crippen LogP contribution in [0.25, 0.3) is 0 Å². The fourth-order valence-corrected chi connectivity index (χ4v) is 1.24. The zero-order valence-electron chi connectivity index (χ0n) is 6.47. The third-order valence-corrected chi connectivity index (χ3v) is 2.04. The van der Waals surface area contributed by atoms with Crippen molar-refractivity contribution in [1.29, 1.82) is 0 Å². The highest BCUT2D eigenvalue weighted by atomic mass is 32.2. The molecule has 0 aromatic heterocycles. The van der Waals surface area contributed by atoms with Crippen molar-refractivity contribution in [3.8, 4) is 11.5 Å². The number of fused-ring (bicyclic) bond motifs is 1. The summed E-state index contributed by atoms with van der Waals surface area (Å²) in [4.78, 5) is 0. The van der Waals surface area contributed by atoms with Gasteiger partial charge >= 0.3 is 0 Å². The molecule has 5 heteroatoms. The number of hydrogen-bond donors (Lipinski definition) is 1. The summed E-state index contributed by atoms with van der Waals surface area (Å²) in [6.45, 7) is 0. The number of rotatable bonds is 1. The van der Waals surface area contributed by atoms with Crippen molar-refractivity contribution < 1.29 is 18.2 Å². The molecule has 1 N–H and O–H groups in total. The fourth-order valence-electron chi connectivity index (χ4n) is 0.953. The van der Waals surface area contributed by atoms with Crippen molar-refractivity contribution in [2.45, 2.75) is 0 Å². The molecule has 0 amide bonds. The summed E-state index contributed by atoms with van der Waals surface area (Å²) in [6, 6.07) is 6.92. The van der Waals surface area contributed by atoms with Crippen LogP contribution in [-0.4, -0.2) is 8.76 Å². The van der Waals surface area contributed by atoms with E-state index in [4.69, 9.17) is 14.0 Å². The first-order chi connectivity index (χ1) is 6.27. The molecule has 0 radical (unpaired) electrons. The van der Waals surface area contributed by atoms with Gasteiger partial charge in [0, 0.05) is 0 Å². The van der Waals surface area contributed by atoms with Crippen LogP contribution in [-0.2, 0) is 11.1 Å². The lowest BCUT2D eigenvalue weighted by atomic mass is 10.3. The summed E-state index contributed by atoms with van der Waals surface area (Å²) < 4.78 is 29.4. The maximum Gasteiger partial charge on any atom is 0.253 e. The van der Waals surface area contributed by atoms with E-state index in [0.29, 0.717) is 11.5 Å². The van der Waals surface area contributed by atoms with Crippen LogP contribution in [0.3, 0.4) is 0 Å². The first-order valence-corrected chi connectivity index (χ1v) is 4.62. The van der Waals surface area contributed by atoms with Gasteiger partial charge in [0.25, 0.3) is 5.09 Å². The lowest BCUT2D eigenvalue weighted by Gasteiger charge is -2.14. The minimum Gasteiger partial charge on any atom is -0.456 e. The second kappa shape index (κ2) is 3.20. The molecule has 4 nitrogen and oxygen atoms in total. The van der Waals surface area contributed by atoms with Gasteiger partial charge < -0.3 is 9.47 Å². The molecular weight excluding hydrogens is 192 g/mol. The molecule has 1 aromatic carbocycles. The Kier molecular flexibility index (Phi) is 2.03. The lowest BCUT2D eigenvalue weighted by molar-refractivity contribution is 0.343. The molecule has 0 saturated carbocycles. The molecule has 0 fully saturated rings. The third-order valence-electron chi connectivity index (χ3n) is 1.51. The second-order valence-electron chi connectivity index (χ2n) is 2.35. The van der Waals surface area contributed by atoms with E-state index in [1.807, 2.05) is 0 Å². The maximum atomic E-state index is 10.6. The van der Waals surface area contributed by atoms with Gasteiger partial charge in [-0.3, -0.25) is 4.55 Å². The monoisotopic (exact) mass is 198 g/mol. The van der Waals surface area contributed by atoms with E-state index in [1.54, 1.807) is 24.3 Å². The first kappa shape index (κ1) is 8.28. The number of para-hydroxylation sites is 2. The van der Waals surface area contributed by atoms with E-state index in [2.05, 4.69) is 0 Å². The molecule has 0 spiro atoms. The quantitative estimate of drug-likeness (QED) is 0.694.